The lowest BCUT2D eigenvalue weighted by molar-refractivity contribution is 0.0697. The molecule has 1 fully saturated rings. The molecule has 1 aromatic carbocycles. The van der Waals surface area contributed by atoms with E-state index in [9.17, 15) is 4.79 Å². The zero-order valence-corrected chi connectivity index (χ0v) is 20.0. The van der Waals surface area contributed by atoms with Crippen LogP contribution in [0.3, 0.4) is 0 Å². The van der Waals surface area contributed by atoms with E-state index in [2.05, 4.69) is 49.8 Å². The second-order valence-electron chi connectivity index (χ2n) is 9.81. The summed E-state index contributed by atoms with van der Waals surface area (Å²) in [5, 5.41) is 0.560. The summed E-state index contributed by atoms with van der Waals surface area (Å²) in [5.74, 6) is 0.744. The first-order valence-corrected chi connectivity index (χ1v) is 11.6. The lowest BCUT2D eigenvalue weighted by Crippen LogP contribution is -2.37. The number of aromatic nitrogens is 2. The van der Waals surface area contributed by atoms with Crippen molar-refractivity contribution in [1.82, 2.24) is 14.9 Å². The highest BCUT2D eigenvalue weighted by Gasteiger charge is 2.22. The second-order valence-corrected chi connectivity index (χ2v) is 10.2. The van der Waals surface area contributed by atoms with Gasteiger partial charge in [0.1, 0.15) is 0 Å². The highest BCUT2D eigenvalue weighted by molar-refractivity contribution is 6.33. The maximum absolute atomic E-state index is 12.9. The van der Waals surface area contributed by atoms with Gasteiger partial charge in [-0.3, -0.25) is 14.8 Å². The van der Waals surface area contributed by atoms with Crippen LogP contribution in [0.5, 0.6) is 0 Å². The molecule has 1 aliphatic heterocycles. The number of hydrogen-bond donors (Lipinski definition) is 0. The molecule has 2 aromatic heterocycles. The Hall–Kier alpha value is -2.72. The van der Waals surface area contributed by atoms with Crippen LogP contribution in [-0.4, -0.2) is 33.9 Å². The van der Waals surface area contributed by atoms with Crippen molar-refractivity contribution in [3.8, 4) is 22.3 Å². The molecule has 0 saturated carbocycles. The predicted molar refractivity (Wildman–Crippen MR) is 131 cm³/mol. The summed E-state index contributed by atoms with van der Waals surface area (Å²) in [6.07, 6.45) is 7.62. The molecule has 1 aliphatic rings. The van der Waals surface area contributed by atoms with E-state index in [1.165, 1.54) is 0 Å². The fourth-order valence-electron chi connectivity index (χ4n) is 4.04. The van der Waals surface area contributed by atoms with Gasteiger partial charge >= 0.3 is 0 Å². The van der Waals surface area contributed by atoms with Crippen LogP contribution >= 0.6 is 11.6 Å². The summed E-state index contributed by atoms with van der Waals surface area (Å²) < 4.78 is 0. The van der Waals surface area contributed by atoms with Gasteiger partial charge in [0.15, 0.2) is 0 Å². The van der Waals surface area contributed by atoms with Gasteiger partial charge in [-0.1, -0.05) is 45.4 Å². The average molecular weight is 448 g/mol. The van der Waals surface area contributed by atoms with Crippen molar-refractivity contribution in [2.45, 2.75) is 46.0 Å². The summed E-state index contributed by atoms with van der Waals surface area (Å²) in [6, 6.07) is 11.8. The molecule has 0 unspecified atom stereocenters. The number of pyridine rings is 2. The number of rotatable bonds is 3. The van der Waals surface area contributed by atoms with Gasteiger partial charge in [-0.2, -0.15) is 0 Å². The second kappa shape index (κ2) is 9.03. The molecule has 0 bridgehead atoms. The standard InChI is InChI=1S/C27H30ClN3O/c1-18-8-11-31(12-9-18)26(32)20-5-6-23(24(28)14-20)22-13-21(16-29-17-22)19-7-10-30-25(15-19)27(2,3)4/h5-7,10,13-18H,8-9,11-12H2,1-4H3. The summed E-state index contributed by atoms with van der Waals surface area (Å²) in [6.45, 7) is 10.3. The highest BCUT2D eigenvalue weighted by Crippen LogP contribution is 2.32. The molecule has 3 aromatic rings. The minimum absolute atomic E-state index is 0.0286. The molecule has 3 heterocycles. The highest BCUT2D eigenvalue weighted by atomic mass is 35.5. The molecule has 1 saturated heterocycles. The molecular formula is C27H30ClN3O. The smallest absolute Gasteiger partial charge is 0.253 e. The molecule has 0 aliphatic carbocycles. The van der Waals surface area contributed by atoms with Gasteiger partial charge in [0.25, 0.3) is 5.91 Å². The Morgan fingerprint density at radius 3 is 2.41 bits per heavy atom. The molecule has 4 rings (SSSR count). The number of benzene rings is 1. The molecule has 4 nitrogen and oxygen atoms in total. The molecule has 0 radical (unpaired) electrons. The Labute approximate surface area is 195 Å². The molecule has 32 heavy (non-hydrogen) atoms. The third-order valence-electron chi connectivity index (χ3n) is 6.20. The minimum atomic E-state index is -0.0286. The van der Waals surface area contributed by atoms with Gasteiger partial charge in [-0.15, -0.1) is 0 Å². The number of piperidine rings is 1. The number of likely N-dealkylation sites (tertiary alicyclic amines) is 1. The topological polar surface area (TPSA) is 46.1 Å². The van der Waals surface area contributed by atoms with Crippen molar-refractivity contribution in [3.63, 3.8) is 0 Å². The van der Waals surface area contributed by atoms with Gasteiger partial charge in [-0.25, -0.2) is 0 Å². The lowest BCUT2D eigenvalue weighted by Gasteiger charge is -2.30. The van der Waals surface area contributed by atoms with Crippen LogP contribution < -0.4 is 0 Å². The molecular weight excluding hydrogens is 418 g/mol. The molecule has 1 amide bonds. The maximum atomic E-state index is 12.9. The van der Waals surface area contributed by atoms with Crippen LogP contribution in [0.15, 0.2) is 55.0 Å². The lowest BCUT2D eigenvalue weighted by atomic mass is 9.90. The zero-order valence-electron chi connectivity index (χ0n) is 19.2. The van der Waals surface area contributed by atoms with Crippen molar-refractivity contribution in [2.24, 2.45) is 5.92 Å². The normalized spacial score (nSPS) is 15.1. The van der Waals surface area contributed by atoms with Crippen molar-refractivity contribution in [1.29, 1.82) is 0 Å². The predicted octanol–water partition coefficient (Wildman–Crippen LogP) is 6.63. The van der Waals surface area contributed by atoms with Crippen LogP contribution in [0.25, 0.3) is 22.3 Å². The third kappa shape index (κ3) is 4.86. The van der Waals surface area contributed by atoms with Gasteiger partial charge in [-0.05, 0) is 54.7 Å². The van der Waals surface area contributed by atoms with Gasteiger partial charge in [0.05, 0.1) is 0 Å². The van der Waals surface area contributed by atoms with E-state index in [1.54, 1.807) is 6.07 Å². The fraction of sp³-hybridized carbons (Fsp3) is 0.370. The number of carbonyl (C=O) groups is 1. The molecule has 0 N–H and O–H groups in total. The Morgan fingerprint density at radius 2 is 1.72 bits per heavy atom. The number of amides is 1. The van der Waals surface area contributed by atoms with Crippen LogP contribution in [0.1, 0.15) is 56.6 Å². The summed E-state index contributed by atoms with van der Waals surface area (Å²) >= 11 is 6.64. The third-order valence-corrected chi connectivity index (χ3v) is 6.51. The SMILES string of the molecule is CC1CCN(C(=O)c2ccc(-c3cncc(-c4ccnc(C(C)(C)C)c4)c3)c(Cl)c2)CC1. The van der Waals surface area contributed by atoms with Crippen LogP contribution in [0, 0.1) is 5.92 Å². The van der Waals surface area contributed by atoms with Crippen molar-refractivity contribution < 1.29 is 4.79 Å². The van der Waals surface area contributed by atoms with Crippen LogP contribution in [0.2, 0.25) is 5.02 Å². The van der Waals surface area contributed by atoms with E-state index in [4.69, 9.17) is 11.6 Å². The van der Waals surface area contributed by atoms with Crippen molar-refractivity contribution in [2.75, 3.05) is 13.1 Å². The number of carbonyl (C=O) groups excluding carboxylic acids is 1. The summed E-state index contributed by atoms with van der Waals surface area (Å²) in [7, 11) is 0. The van der Waals surface area contributed by atoms with E-state index in [0.717, 1.165) is 53.9 Å². The summed E-state index contributed by atoms with van der Waals surface area (Å²) in [4.78, 5) is 23.8. The first kappa shape index (κ1) is 22.5. The van der Waals surface area contributed by atoms with E-state index < -0.39 is 0 Å². The van der Waals surface area contributed by atoms with E-state index in [0.29, 0.717) is 16.5 Å². The number of nitrogens with zero attached hydrogens (tertiary/aromatic N) is 3. The van der Waals surface area contributed by atoms with Gasteiger partial charge in [0.2, 0.25) is 0 Å². The van der Waals surface area contributed by atoms with Crippen molar-refractivity contribution >= 4 is 17.5 Å². The largest absolute Gasteiger partial charge is 0.339 e. The quantitative estimate of drug-likeness (QED) is 0.452. The van der Waals surface area contributed by atoms with Crippen molar-refractivity contribution in [3.05, 3.63) is 71.3 Å². The molecule has 0 atom stereocenters. The van der Waals surface area contributed by atoms with Crippen LogP contribution in [0.4, 0.5) is 0 Å². The first-order valence-electron chi connectivity index (χ1n) is 11.2. The van der Waals surface area contributed by atoms with E-state index in [-0.39, 0.29) is 11.3 Å². The fourth-order valence-corrected chi connectivity index (χ4v) is 4.33. The van der Waals surface area contributed by atoms with Gasteiger partial charge < -0.3 is 4.90 Å². The minimum Gasteiger partial charge on any atom is -0.339 e. The average Bonchev–Trinajstić information content (AvgIpc) is 2.78. The van der Waals surface area contributed by atoms with E-state index in [1.807, 2.05) is 41.7 Å². The Kier molecular flexibility index (Phi) is 6.34. The number of hydrogen-bond acceptors (Lipinski definition) is 3. The monoisotopic (exact) mass is 447 g/mol. The van der Waals surface area contributed by atoms with Gasteiger partial charge in [0, 0.05) is 70.1 Å². The summed E-state index contributed by atoms with van der Waals surface area (Å²) in [5.41, 5.74) is 5.52. The Balaban J connectivity index is 1.60. The Bertz CT molecular complexity index is 1130. The van der Waals surface area contributed by atoms with Crippen LogP contribution in [-0.2, 0) is 5.41 Å². The molecule has 166 valence electrons. The first-order chi connectivity index (χ1) is 15.2. The van der Waals surface area contributed by atoms with E-state index >= 15 is 0 Å². The maximum Gasteiger partial charge on any atom is 0.253 e. The zero-order chi connectivity index (χ0) is 22.9. The molecule has 0 spiro atoms. The Morgan fingerprint density at radius 1 is 1.00 bits per heavy atom. The molecule has 5 heteroatoms. The number of halogens is 1.